The third kappa shape index (κ3) is 13.6. The van der Waals surface area contributed by atoms with E-state index in [-0.39, 0.29) is 68.1 Å². The number of nitrogens with two attached hydrogens (primary N) is 1. The van der Waals surface area contributed by atoms with Crippen LogP contribution in [0.3, 0.4) is 0 Å². The van der Waals surface area contributed by atoms with Crippen molar-refractivity contribution in [2.24, 2.45) is 5.92 Å². The first-order valence-electron chi connectivity index (χ1n) is 15.5. The van der Waals surface area contributed by atoms with Gasteiger partial charge in [0.15, 0.2) is 0 Å². The van der Waals surface area contributed by atoms with Crippen molar-refractivity contribution < 1.29 is 41.6 Å². The van der Waals surface area contributed by atoms with Crippen LogP contribution in [0.25, 0.3) is 0 Å². The van der Waals surface area contributed by atoms with Gasteiger partial charge in [-0.05, 0) is 54.2 Å². The summed E-state index contributed by atoms with van der Waals surface area (Å²) in [5.74, 6) is -1.17. The number of phosphoric acid groups is 1. The molecule has 0 aromatic heterocycles. The van der Waals surface area contributed by atoms with Crippen molar-refractivity contribution in [1.82, 2.24) is 14.9 Å². The molecule has 0 spiro atoms. The molecule has 0 heterocycles. The molecule has 13 nitrogen and oxygen atoms in total. The van der Waals surface area contributed by atoms with Gasteiger partial charge in [0, 0.05) is 30.7 Å². The van der Waals surface area contributed by atoms with E-state index in [9.17, 15) is 32.4 Å². The molecule has 3 aromatic carbocycles. The molecular weight excluding hydrogens is 700 g/mol. The van der Waals surface area contributed by atoms with Crippen LogP contribution in [0.1, 0.15) is 50.2 Å². The first kappa shape index (κ1) is 42.6. The average molecular weight is 743 g/mol. The number of ether oxygens (including phenoxy) is 1. The predicted octanol–water partition coefficient (Wildman–Crippen LogP) is 2.59. The summed E-state index contributed by atoms with van der Waals surface area (Å²) in [4.78, 5) is 48.7. The van der Waals surface area contributed by atoms with Gasteiger partial charge in [-0.25, -0.2) is 13.2 Å². The predicted molar refractivity (Wildman–Crippen MR) is 184 cm³/mol. The van der Waals surface area contributed by atoms with Crippen molar-refractivity contribution in [3.05, 3.63) is 96.1 Å². The minimum Gasteiger partial charge on any atom is -0.790 e. The first-order chi connectivity index (χ1) is 22.7. The number of rotatable bonds is 18. The summed E-state index contributed by atoms with van der Waals surface area (Å²) in [5.41, 5.74) is 7.70. The van der Waals surface area contributed by atoms with Crippen molar-refractivity contribution in [2.45, 2.75) is 56.0 Å². The molecule has 3 aromatic rings. The number of hydrogen-bond acceptors (Lipinski definition) is 10. The van der Waals surface area contributed by atoms with Gasteiger partial charge in [-0.2, -0.15) is 4.31 Å². The number of benzene rings is 3. The molecule has 3 rings (SSSR count). The second kappa shape index (κ2) is 20.4. The van der Waals surface area contributed by atoms with E-state index in [2.05, 4.69) is 15.2 Å². The van der Waals surface area contributed by atoms with Crippen LogP contribution in [0.2, 0.25) is 0 Å². The van der Waals surface area contributed by atoms with Gasteiger partial charge in [-0.15, -0.1) is 0 Å². The van der Waals surface area contributed by atoms with Crippen LogP contribution >= 0.6 is 7.82 Å². The summed E-state index contributed by atoms with van der Waals surface area (Å²) in [5, 5.41) is 5.52. The maximum atomic E-state index is 13.7. The average Bonchev–Trinajstić information content (AvgIpc) is 3.05. The van der Waals surface area contributed by atoms with Crippen molar-refractivity contribution in [3.63, 3.8) is 0 Å². The van der Waals surface area contributed by atoms with Crippen LogP contribution in [0, 0.1) is 5.92 Å². The zero-order valence-corrected chi connectivity index (χ0v) is 31.8. The van der Waals surface area contributed by atoms with E-state index < -0.39 is 54.5 Å². The van der Waals surface area contributed by atoms with Gasteiger partial charge in [0.05, 0.1) is 26.4 Å². The molecule has 49 heavy (non-hydrogen) atoms. The minimum atomic E-state index is -5.41. The van der Waals surface area contributed by atoms with Crippen molar-refractivity contribution in [3.8, 4) is 0 Å². The van der Waals surface area contributed by atoms with E-state index in [1.165, 1.54) is 31.4 Å². The maximum Gasteiger partial charge on any atom is 2.00 e. The number of nitrogens with one attached hydrogen (secondary N) is 2. The molecule has 2 amide bonds. The normalized spacial score (nSPS) is 13.1. The molecule has 0 aliphatic heterocycles. The van der Waals surface area contributed by atoms with Gasteiger partial charge in [0.2, 0.25) is 15.9 Å². The number of hydrogen-bond donors (Lipinski definition) is 3. The zero-order chi connectivity index (χ0) is 35.3. The number of sulfonamides is 1. The quantitative estimate of drug-likeness (QED) is 0.0753. The Hall–Kier alpha value is -2.52. The molecule has 0 aliphatic rings. The van der Waals surface area contributed by atoms with E-state index >= 15 is 0 Å². The molecule has 4 N–H and O–H groups in total. The van der Waals surface area contributed by atoms with Crippen molar-refractivity contribution in [1.29, 1.82) is 0 Å². The fourth-order valence-electron chi connectivity index (χ4n) is 5.28. The van der Waals surface area contributed by atoms with Crippen LogP contribution in [-0.4, -0.2) is 101 Å². The SMILES string of the molecule is COC(=O)N[C@H](C(=O)NCCCC[C@@H](COP(=O)([O-])[O-])N(CC(C)C)S(=O)(=O)c1ccc(N)cc1)C(c1ccccc1)c1ccccc1.[Ca+2]. The molecule has 0 saturated heterocycles. The topological polar surface area (TPSA) is 203 Å². The second-order valence-electron chi connectivity index (χ2n) is 11.6. The van der Waals surface area contributed by atoms with Gasteiger partial charge < -0.3 is 40.0 Å². The Morgan fingerprint density at radius 2 is 1.47 bits per heavy atom. The molecule has 0 fully saturated rings. The summed E-state index contributed by atoms with van der Waals surface area (Å²) < 4.78 is 49.4. The van der Waals surface area contributed by atoms with Crippen LogP contribution in [0.4, 0.5) is 10.5 Å². The van der Waals surface area contributed by atoms with E-state index in [0.717, 1.165) is 15.4 Å². The molecule has 0 saturated carbocycles. The molecule has 262 valence electrons. The number of carbonyl (C=O) groups excluding carboxylic acids is 2. The smallest absolute Gasteiger partial charge is 0.790 e. The van der Waals surface area contributed by atoms with E-state index in [4.69, 9.17) is 10.5 Å². The summed E-state index contributed by atoms with van der Waals surface area (Å²) in [6.45, 7) is 3.13. The molecule has 0 bridgehead atoms. The summed E-state index contributed by atoms with van der Waals surface area (Å²) >= 11 is 0. The summed E-state index contributed by atoms with van der Waals surface area (Å²) in [6, 6.07) is 22.1. The standard InChI is InChI=1S/C33H45N4O9PS.Ca/c1-24(2)22-37(48(43,44)29-19-17-27(34)18-20-29)28(23-46-47(40,41)42)16-10-11-21-35-32(38)31(36-33(39)45-3)30(25-12-6-4-7-13-25)26-14-8-5-9-15-26;/h4-9,12-15,17-20,24,28,30-31H,10-11,16,21-23,34H2,1-3H3,(H,35,38)(H,36,39)(H2,40,41,42);/q;+2/p-2/t28-,31-;/m0./s1. The molecule has 2 atom stereocenters. The Kier molecular flexibility index (Phi) is 17.7. The summed E-state index contributed by atoms with van der Waals surface area (Å²) in [7, 11) is -8.34. The first-order valence-corrected chi connectivity index (χ1v) is 18.4. The number of anilines is 1. The minimum absolute atomic E-state index is 0. The van der Waals surface area contributed by atoms with E-state index in [1.807, 2.05) is 74.5 Å². The van der Waals surface area contributed by atoms with Crippen molar-refractivity contribution in [2.75, 3.05) is 32.5 Å². The molecular formula is C33H43CaN4O9PS. The fraction of sp³-hybridized carbons (Fsp3) is 0.394. The maximum absolute atomic E-state index is 13.7. The number of amides is 2. The van der Waals surface area contributed by atoms with Crippen LogP contribution < -0.4 is 26.2 Å². The van der Waals surface area contributed by atoms with Crippen LogP contribution in [-0.2, 0) is 28.6 Å². The number of carbonyl (C=O) groups is 2. The van der Waals surface area contributed by atoms with Gasteiger partial charge in [0.1, 0.15) is 6.04 Å². The van der Waals surface area contributed by atoms with Crippen LogP contribution in [0.5, 0.6) is 0 Å². The molecule has 0 aliphatic carbocycles. The number of unbranched alkanes of at least 4 members (excludes halogenated alkanes) is 1. The van der Waals surface area contributed by atoms with Crippen molar-refractivity contribution >= 4 is 73.3 Å². The molecule has 0 unspecified atom stereocenters. The number of methoxy groups -OCH3 is 1. The zero-order valence-electron chi connectivity index (χ0n) is 27.9. The van der Waals surface area contributed by atoms with Crippen LogP contribution in [0.15, 0.2) is 89.8 Å². The Morgan fingerprint density at radius 1 is 0.918 bits per heavy atom. The monoisotopic (exact) mass is 742 g/mol. The Balaban J connectivity index is 0.00000833. The number of alkyl carbamates (subject to hydrolysis) is 1. The Bertz CT molecular complexity index is 1570. The van der Waals surface area contributed by atoms with Gasteiger partial charge in [-0.3, -0.25) is 4.79 Å². The Morgan fingerprint density at radius 3 is 1.96 bits per heavy atom. The second-order valence-corrected chi connectivity index (χ2v) is 14.7. The van der Waals surface area contributed by atoms with Gasteiger partial charge >= 0.3 is 43.8 Å². The number of nitrogens with zero attached hydrogens (tertiary/aromatic N) is 1. The van der Waals surface area contributed by atoms with Gasteiger partial charge in [0.25, 0.3) is 0 Å². The molecule has 16 heteroatoms. The molecule has 0 radical (unpaired) electrons. The third-order valence-corrected chi connectivity index (χ3v) is 9.92. The van der Waals surface area contributed by atoms with E-state index in [1.54, 1.807) is 0 Å². The number of phosphoric ester groups is 1. The summed E-state index contributed by atoms with van der Waals surface area (Å²) in [6.07, 6.45) is 0.0322. The van der Waals surface area contributed by atoms with E-state index in [0.29, 0.717) is 18.5 Å². The number of nitrogen functional groups attached to an aromatic ring is 1. The Labute approximate surface area is 318 Å². The van der Waals surface area contributed by atoms with Gasteiger partial charge in [-0.1, -0.05) is 80.9 Å². The fourth-order valence-corrected chi connectivity index (χ4v) is 7.44. The largest absolute Gasteiger partial charge is 2.00 e. The third-order valence-electron chi connectivity index (χ3n) is 7.52.